The van der Waals surface area contributed by atoms with Crippen LogP contribution in [0.5, 0.6) is 11.5 Å². The topological polar surface area (TPSA) is 68.3 Å². The van der Waals surface area contributed by atoms with Crippen molar-refractivity contribution in [1.29, 1.82) is 0 Å². The smallest absolute Gasteiger partial charge is 0.409 e. The number of piperazine rings is 1. The minimum Gasteiger partial charge on any atom is -0.496 e. The van der Waals surface area contributed by atoms with Crippen molar-refractivity contribution >= 4 is 23.6 Å². The summed E-state index contributed by atoms with van der Waals surface area (Å²) in [5.74, 6) is 1.18. The van der Waals surface area contributed by atoms with Crippen LogP contribution in [0.15, 0.2) is 42.5 Å². The highest BCUT2D eigenvalue weighted by molar-refractivity contribution is 6.30. The Bertz CT molecular complexity index is 897. The van der Waals surface area contributed by atoms with E-state index in [-0.39, 0.29) is 18.6 Å². The zero-order valence-corrected chi connectivity index (χ0v) is 17.9. The number of carbonyl (C=O) groups is 2. The number of ether oxygens (including phenoxy) is 3. The van der Waals surface area contributed by atoms with E-state index >= 15 is 0 Å². The van der Waals surface area contributed by atoms with Gasteiger partial charge in [-0.2, -0.15) is 0 Å². The molecule has 0 aliphatic carbocycles. The first kappa shape index (κ1) is 21.8. The van der Waals surface area contributed by atoms with Gasteiger partial charge in [0.15, 0.2) is 0 Å². The Balaban J connectivity index is 1.66. The van der Waals surface area contributed by atoms with Crippen molar-refractivity contribution in [2.75, 3.05) is 39.9 Å². The van der Waals surface area contributed by atoms with Crippen molar-refractivity contribution in [2.24, 2.45) is 0 Å². The Labute approximate surface area is 181 Å². The summed E-state index contributed by atoms with van der Waals surface area (Å²) < 4.78 is 16.2. The van der Waals surface area contributed by atoms with Gasteiger partial charge in [-0.25, -0.2) is 4.79 Å². The summed E-state index contributed by atoms with van der Waals surface area (Å²) in [7, 11) is 1.58. The molecule has 7 nitrogen and oxygen atoms in total. The number of carbonyl (C=O) groups excluding carboxylic acids is 2. The lowest BCUT2D eigenvalue weighted by molar-refractivity contribution is 0.0570. The number of nitrogens with zero attached hydrogens (tertiary/aromatic N) is 2. The molecule has 2 aromatic rings. The third-order valence-electron chi connectivity index (χ3n) is 4.81. The summed E-state index contributed by atoms with van der Waals surface area (Å²) in [4.78, 5) is 28.2. The molecule has 30 heavy (non-hydrogen) atoms. The molecular weight excluding hydrogens is 408 g/mol. The maximum Gasteiger partial charge on any atom is 0.409 e. The molecule has 1 heterocycles. The monoisotopic (exact) mass is 432 g/mol. The van der Waals surface area contributed by atoms with E-state index in [9.17, 15) is 9.59 Å². The molecule has 0 saturated carbocycles. The van der Waals surface area contributed by atoms with Crippen molar-refractivity contribution in [3.63, 3.8) is 0 Å². The van der Waals surface area contributed by atoms with Gasteiger partial charge in [0.2, 0.25) is 0 Å². The van der Waals surface area contributed by atoms with Crippen LogP contribution in [-0.4, -0.2) is 61.7 Å². The normalized spacial score (nSPS) is 13.7. The molecule has 0 unspecified atom stereocenters. The molecule has 0 atom stereocenters. The van der Waals surface area contributed by atoms with Crippen LogP contribution < -0.4 is 9.47 Å². The molecule has 0 spiro atoms. The first-order valence-electron chi connectivity index (χ1n) is 9.78. The lowest BCUT2D eigenvalue weighted by atomic mass is 10.1. The molecule has 0 bridgehead atoms. The van der Waals surface area contributed by atoms with Crippen LogP contribution in [0.1, 0.15) is 22.8 Å². The van der Waals surface area contributed by atoms with Gasteiger partial charge in [0.25, 0.3) is 5.91 Å². The van der Waals surface area contributed by atoms with E-state index in [0.717, 1.165) is 5.56 Å². The number of hydrogen-bond donors (Lipinski definition) is 0. The van der Waals surface area contributed by atoms with Gasteiger partial charge in [-0.05, 0) is 43.3 Å². The molecule has 160 valence electrons. The van der Waals surface area contributed by atoms with Crippen LogP contribution in [0, 0.1) is 0 Å². The third kappa shape index (κ3) is 5.36. The minimum absolute atomic E-state index is 0.0924. The van der Waals surface area contributed by atoms with Gasteiger partial charge in [0.1, 0.15) is 18.1 Å². The Morgan fingerprint density at radius 2 is 1.77 bits per heavy atom. The molecule has 1 aliphatic rings. The van der Waals surface area contributed by atoms with Gasteiger partial charge in [-0.15, -0.1) is 0 Å². The number of benzene rings is 2. The summed E-state index contributed by atoms with van der Waals surface area (Å²) in [6, 6.07) is 12.4. The SMILES string of the molecule is CCOC(=O)N1CCN(C(=O)c2ccc(OC)c(COc3cccc(Cl)c3)c2)CC1. The van der Waals surface area contributed by atoms with Crippen molar-refractivity contribution < 1.29 is 23.8 Å². The van der Waals surface area contributed by atoms with E-state index in [4.69, 9.17) is 25.8 Å². The zero-order valence-electron chi connectivity index (χ0n) is 17.1. The Morgan fingerprint density at radius 3 is 2.43 bits per heavy atom. The number of rotatable bonds is 6. The number of methoxy groups -OCH3 is 1. The maximum absolute atomic E-state index is 13.0. The van der Waals surface area contributed by atoms with Crippen molar-refractivity contribution in [3.8, 4) is 11.5 Å². The zero-order chi connectivity index (χ0) is 21.5. The second-order valence-corrected chi connectivity index (χ2v) is 7.19. The van der Waals surface area contributed by atoms with Crippen LogP contribution >= 0.6 is 11.6 Å². The van der Waals surface area contributed by atoms with E-state index in [1.165, 1.54) is 0 Å². The predicted molar refractivity (Wildman–Crippen MR) is 113 cm³/mol. The maximum atomic E-state index is 13.0. The van der Waals surface area contributed by atoms with Crippen molar-refractivity contribution in [1.82, 2.24) is 9.80 Å². The van der Waals surface area contributed by atoms with E-state index < -0.39 is 0 Å². The molecule has 0 radical (unpaired) electrons. The molecule has 8 heteroatoms. The quantitative estimate of drug-likeness (QED) is 0.693. The molecule has 1 saturated heterocycles. The summed E-state index contributed by atoms with van der Waals surface area (Å²) in [5.41, 5.74) is 1.30. The lowest BCUT2D eigenvalue weighted by Gasteiger charge is -2.34. The highest BCUT2D eigenvalue weighted by Gasteiger charge is 2.26. The van der Waals surface area contributed by atoms with Gasteiger partial charge in [-0.3, -0.25) is 4.79 Å². The molecule has 3 rings (SSSR count). The van der Waals surface area contributed by atoms with Gasteiger partial charge in [0.05, 0.1) is 13.7 Å². The summed E-state index contributed by atoms with van der Waals surface area (Å²) in [6.45, 7) is 4.16. The fourth-order valence-corrected chi connectivity index (χ4v) is 3.41. The Hall–Kier alpha value is -2.93. The van der Waals surface area contributed by atoms with Crippen molar-refractivity contribution in [2.45, 2.75) is 13.5 Å². The molecule has 1 fully saturated rings. The van der Waals surface area contributed by atoms with E-state index in [1.54, 1.807) is 54.2 Å². The highest BCUT2D eigenvalue weighted by Crippen LogP contribution is 2.24. The van der Waals surface area contributed by atoms with Crippen LogP contribution in [0.2, 0.25) is 5.02 Å². The first-order chi connectivity index (χ1) is 14.5. The van der Waals surface area contributed by atoms with Gasteiger partial charge in [-0.1, -0.05) is 17.7 Å². The second kappa shape index (κ2) is 10.2. The summed E-state index contributed by atoms with van der Waals surface area (Å²) >= 11 is 6.00. The van der Waals surface area contributed by atoms with E-state index in [1.807, 2.05) is 12.1 Å². The summed E-state index contributed by atoms with van der Waals surface area (Å²) in [6.07, 6.45) is -0.338. The fraction of sp³-hybridized carbons (Fsp3) is 0.364. The minimum atomic E-state index is -0.338. The Morgan fingerprint density at radius 1 is 1.03 bits per heavy atom. The molecular formula is C22H25ClN2O5. The van der Waals surface area contributed by atoms with Crippen molar-refractivity contribution in [3.05, 3.63) is 58.6 Å². The van der Waals surface area contributed by atoms with Crippen LogP contribution in [0.3, 0.4) is 0 Å². The van der Waals surface area contributed by atoms with E-state index in [2.05, 4.69) is 0 Å². The molecule has 2 amide bonds. The number of hydrogen-bond acceptors (Lipinski definition) is 5. The predicted octanol–water partition coefficient (Wildman–Crippen LogP) is 3.84. The summed E-state index contributed by atoms with van der Waals surface area (Å²) in [5, 5.41) is 0.588. The van der Waals surface area contributed by atoms with Gasteiger partial charge in [0, 0.05) is 42.3 Å². The van der Waals surface area contributed by atoms with Gasteiger partial charge >= 0.3 is 6.09 Å². The average molecular weight is 433 g/mol. The second-order valence-electron chi connectivity index (χ2n) is 6.75. The standard InChI is InChI=1S/C22H25ClN2O5/c1-3-29-22(27)25-11-9-24(10-12-25)21(26)16-7-8-20(28-2)17(13-16)15-30-19-6-4-5-18(23)14-19/h4-8,13-14H,3,9-12,15H2,1-2H3. The molecule has 0 N–H and O–H groups in total. The largest absolute Gasteiger partial charge is 0.496 e. The van der Waals surface area contributed by atoms with Crippen LogP contribution in [0.4, 0.5) is 4.79 Å². The first-order valence-corrected chi connectivity index (χ1v) is 10.2. The molecule has 2 aromatic carbocycles. The Kier molecular flexibility index (Phi) is 7.41. The average Bonchev–Trinajstić information content (AvgIpc) is 2.77. The van der Waals surface area contributed by atoms with Crippen LogP contribution in [-0.2, 0) is 11.3 Å². The number of halogens is 1. The van der Waals surface area contributed by atoms with E-state index in [0.29, 0.717) is 54.9 Å². The molecule has 0 aromatic heterocycles. The fourth-order valence-electron chi connectivity index (χ4n) is 3.23. The lowest BCUT2D eigenvalue weighted by Crippen LogP contribution is -2.50. The van der Waals surface area contributed by atoms with Crippen LogP contribution in [0.25, 0.3) is 0 Å². The third-order valence-corrected chi connectivity index (χ3v) is 5.05. The number of amides is 2. The van der Waals surface area contributed by atoms with Gasteiger partial charge < -0.3 is 24.0 Å². The highest BCUT2D eigenvalue weighted by atomic mass is 35.5. The molecule has 1 aliphatic heterocycles.